The number of methoxy groups -OCH3 is 1. The zero-order valence-corrected chi connectivity index (χ0v) is 19.2. The van der Waals surface area contributed by atoms with Gasteiger partial charge in [0.25, 0.3) is 0 Å². The van der Waals surface area contributed by atoms with Crippen molar-refractivity contribution in [1.82, 2.24) is 20.3 Å². The van der Waals surface area contributed by atoms with Gasteiger partial charge >= 0.3 is 0 Å². The number of aromatic amines is 1. The second kappa shape index (κ2) is 8.99. The molecule has 0 aliphatic carbocycles. The molecule has 0 atom stereocenters. The lowest BCUT2D eigenvalue weighted by Gasteiger charge is -2.10. The van der Waals surface area contributed by atoms with Gasteiger partial charge in [-0.15, -0.1) is 4.91 Å². The van der Waals surface area contributed by atoms with Crippen molar-refractivity contribution in [3.8, 4) is 17.0 Å². The van der Waals surface area contributed by atoms with Crippen LogP contribution in [0.2, 0.25) is 0 Å². The lowest BCUT2D eigenvalue weighted by molar-refractivity contribution is 0.399. The number of allylic oxidation sites excluding steroid dienone is 2. The van der Waals surface area contributed by atoms with E-state index in [1.165, 1.54) is 11.1 Å². The molecule has 8 nitrogen and oxygen atoms in total. The van der Waals surface area contributed by atoms with Gasteiger partial charge in [0.1, 0.15) is 11.5 Å². The van der Waals surface area contributed by atoms with Crippen molar-refractivity contribution in [2.45, 2.75) is 20.0 Å². The molecule has 1 aliphatic rings. The molecule has 0 amide bonds. The summed E-state index contributed by atoms with van der Waals surface area (Å²) >= 11 is 0. The first-order valence-corrected chi connectivity index (χ1v) is 11.0. The van der Waals surface area contributed by atoms with Crippen molar-refractivity contribution in [3.63, 3.8) is 0 Å². The standard InChI is InChI=1S/C26H24N6O2/c1-15(25-30-21-11-18-13-28-14-19(18)12-22(21)31-25)23(32-33)24(27-2)17-8-6-16(7-9-17)20-5-4-10-29-26(20)34-3/h4-12,28H,13-14H2,1-3H3,(H,30,31)/b23-15-,27-24-. The predicted octanol–water partition coefficient (Wildman–Crippen LogP) is 4.85. The smallest absolute Gasteiger partial charge is 0.221 e. The van der Waals surface area contributed by atoms with E-state index in [9.17, 15) is 4.91 Å². The highest BCUT2D eigenvalue weighted by Crippen LogP contribution is 2.30. The highest BCUT2D eigenvalue weighted by atomic mass is 16.5. The molecule has 0 saturated heterocycles. The van der Waals surface area contributed by atoms with Crippen LogP contribution in [0.3, 0.4) is 0 Å². The number of nitrogens with one attached hydrogen (secondary N) is 2. The number of rotatable bonds is 6. The van der Waals surface area contributed by atoms with E-state index < -0.39 is 0 Å². The van der Waals surface area contributed by atoms with Crippen molar-refractivity contribution in [3.05, 3.63) is 87.8 Å². The van der Waals surface area contributed by atoms with Crippen LogP contribution in [0.25, 0.3) is 27.7 Å². The van der Waals surface area contributed by atoms with Gasteiger partial charge in [-0.1, -0.05) is 24.3 Å². The van der Waals surface area contributed by atoms with Gasteiger partial charge < -0.3 is 15.0 Å². The molecule has 0 fully saturated rings. The summed E-state index contributed by atoms with van der Waals surface area (Å²) in [6.07, 6.45) is 1.69. The Kier molecular flexibility index (Phi) is 5.73. The van der Waals surface area contributed by atoms with E-state index in [2.05, 4.69) is 37.6 Å². The van der Waals surface area contributed by atoms with Crippen LogP contribution in [0.4, 0.5) is 0 Å². The minimum absolute atomic E-state index is 0.252. The van der Waals surface area contributed by atoms with Crippen molar-refractivity contribution >= 4 is 22.3 Å². The molecule has 170 valence electrons. The number of ether oxygens (including phenoxy) is 1. The van der Waals surface area contributed by atoms with Crippen LogP contribution in [0.1, 0.15) is 29.4 Å². The predicted molar refractivity (Wildman–Crippen MR) is 134 cm³/mol. The van der Waals surface area contributed by atoms with E-state index in [-0.39, 0.29) is 5.70 Å². The largest absolute Gasteiger partial charge is 0.481 e. The number of H-pyrrole nitrogens is 1. The number of nitrogens with zero attached hydrogens (tertiary/aromatic N) is 4. The topological polar surface area (TPSA) is 105 Å². The summed E-state index contributed by atoms with van der Waals surface area (Å²) in [5.41, 5.74) is 8.33. The molecule has 0 unspecified atom stereocenters. The summed E-state index contributed by atoms with van der Waals surface area (Å²) in [5, 5.41) is 6.70. The van der Waals surface area contributed by atoms with Gasteiger partial charge in [0, 0.05) is 43.0 Å². The molecule has 2 aromatic heterocycles. The number of hydrogen-bond acceptors (Lipinski definition) is 7. The molecule has 34 heavy (non-hydrogen) atoms. The van der Waals surface area contributed by atoms with Crippen LogP contribution in [0, 0.1) is 4.91 Å². The van der Waals surface area contributed by atoms with Crippen LogP contribution in [-0.4, -0.2) is 34.8 Å². The average molecular weight is 453 g/mol. The summed E-state index contributed by atoms with van der Waals surface area (Å²) in [6.45, 7) is 3.53. The molecule has 4 aromatic rings. The Balaban J connectivity index is 1.51. The van der Waals surface area contributed by atoms with Gasteiger partial charge in [-0.05, 0) is 53.1 Å². The second-order valence-electron chi connectivity index (χ2n) is 8.10. The summed E-state index contributed by atoms with van der Waals surface area (Å²) in [6, 6.07) is 15.8. The van der Waals surface area contributed by atoms with E-state index in [4.69, 9.17) is 9.72 Å². The molecule has 3 heterocycles. The molecule has 5 rings (SSSR count). The van der Waals surface area contributed by atoms with Crippen LogP contribution in [0.15, 0.2) is 70.6 Å². The molecule has 0 spiro atoms. The lowest BCUT2D eigenvalue weighted by Crippen LogP contribution is -2.06. The van der Waals surface area contributed by atoms with Gasteiger partial charge in [0.2, 0.25) is 5.88 Å². The van der Waals surface area contributed by atoms with Crippen LogP contribution < -0.4 is 10.1 Å². The number of imidazole rings is 1. The van der Waals surface area contributed by atoms with E-state index in [0.717, 1.165) is 40.8 Å². The number of benzene rings is 2. The van der Waals surface area contributed by atoms with Gasteiger partial charge in [-0.3, -0.25) is 4.99 Å². The van der Waals surface area contributed by atoms with E-state index in [1.54, 1.807) is 20.4 Å². The van der Waals surface area contributed by atoms with E-state index >= 15 is 0 Å². The summed E-state index contributed by atoms with van der Waals surface area (Å²) in [5.74, 6) is 1.16. The first kappa shape index (κ1) is 21.7. The van der Waals surface area contributed by atoms with Crippen LogP contribution in [0.5, 0.6) is 5.88 Å². The Morgan fingerprint density at radius 3 is 2.56 bits per heavy atom. The number of hydrogen-bond donors (Lipinski definition) is 2. The van der Waals surface area contributed by atoms with Crippen molar-refractivity contribution in [2.75, 3.05) is 14.2 Å². The maximum Gasteiger partial charge on any atom is 0.221 e. The maximum atomic E-state index is 12.0. The lowest BCUT2D eigenvalue weighted by atomic mass is 10.00. The van der Waals surface area contributed by atoms with Crippen molar-refractivity contribution < 1.29 is 4.74 Å². The number of pyridine rings is 1. The first-order valence-electron chi connectivity index (χ1n) is 11.0. The van der Waals surface area contributed by atoms with E-state index in [1.807, 2.05) is 43.3 Å². The first-order chi connectivity index (χ1) is 16.6. The maximum absolute atomic E-state index is 12.0. The fourth-order valence-corrected chi connectivity index (χ4v) is 4.34. The number of aliphatic imine (C=N–C) groups is 1. The Hall–Kier alpha value is -4.17. The molecular weight excluding hydrogens is 428 g/mol. The Morgan fingerprint density at radius 1 is 1.09 bits per heavy atom. The van der Waals surface area contributed by atoms with Crippen LogP contribution in [-0.2, 0) is 13.1 Å². The van der Waals surface area contributed by atoms with Gasteiger partial charge in [0.05, 0.1) is 23.9 Å². The normalized spacial score (nSPS) is 14.1. The molecule has 1 aliphatic heterocycles. The van der Waals surface area contributed by atoms with E-state index in [0.29, 0.717) is 23.0 Å². The molecule has 0 saturated carbocycles. The van der Waals surface area contributed by atoms with Gasteiger partial charge in [-0.2, -0.15) is 0 Å². The third-order valence-electron chi connectivity index (χ3n) is 6.12. The summed E-state index contributed by atoms with van der Waals surface area (Å²) in [4.78, 5) is 28.7. The van der Waals surface area contributed by atoms with Crippen molar-refractivity contribution in [1.29, 1.82) is 0 Å². The third kappa shape index (κ3) is 3.78. The molecule has 0 radical (unpaired) electrons. The quantitative estimate of drug-likeness (QED) is 0.321. The number of nitroso groups, excluding NO2 is 1. The summed E-state index contributed by atoms with van der Waals surface area (Å²) in [7, 11) is 3.25. The molecule has 2 aromatic carbocycles. The Labute approximate surface area is 196 Å². The fourth-order valence-electron chi connectivity index (χ4n) is 4.34. The van der Waals surface area contributed by atoms with Crippen LogP contribution >= 0.6 is 0 Å². The molecular formula is C26H24N6O2. The zero-order chi connectivity index (χ0) is 23.7. The second-order valence-corrected chi connectivity index (χ2v) is 8.10. The zero-order valence-electron chi connectivity index (χ0n) is 19.2. The van der Waals surface area contributed by atoms with Gasteiger partial charge in [0.15, 0.2) is 0 Å². The molecule has 8 heteroatoms. The Morgan fingerprint density at radius 2 is 1.85 bits per heavy atom. The monoisotopic (exact) mass is 452 g/mol. The third-order valence-corrected chi connectivity index (χ3v) is 6.12. The number of fused-ring (bicyclic) bond motifs is 2. The Bertz CT molecular complexity index is 1410. The van der Waals surface area contributed by atoms with Gasteiger partial charge in [-0.25, -0.2) is 9.97 Å². The molecule has 2 N–H and O–H groups in total. The van der Waals surface area contributed by atoms with Crippen molar-refractivity contribution in [2.24, 2.45) is 10.2 Å². The highest BCUT2D eigenvalue weighted by Gasteiger charge is 2.19. The number of aromatic nitrogens is 3. The highest BCUT2D eigenvalue weighted by molar-refractivity contribution is 6.16. The summed E-state index contributed by atoms with van der Waals surface area (Å²) < 4.78 is 5.37. The SMILES string of the molecule is C/N=C(\C(N=O)=C(/C)c1nc2cc3c(cc2[nH]1)CNC3)c1ccc(-c2cccnc2OC)cc1. The minimum Gasteiger partial charge on any atom is -0.481 e. The molecule has 0 bridgehead atoms. The fraction of sp³-hybridized carbons (Fsp3) is 0.192. The average Bonchev–Trinajstić information content (AvgIpc) is 3.51. The minimum atomic E-state index is 0.252.